The fourth-order valence-corrected chi connectivity index (χ4v) is 3.65. The summed E-state index contributed by atoms with van der Waals surface area (Å²) in [5.74, 6) is -1.62. The number of methoxy groups -OCH3 is 1. The molecule has 0 spiro atoms. The number of rotatable bonds is 13. The van der Waals surface area contributed by atoms with Gasteiger partial charge in [0.05, 0.1) is 25.2 Å². The SMILES string of the molecule is CCCC(C)C(=O)OC(C)C[C@@](N)(Cc1ccc(OC(=O)OC(C)C)c(OC(=O)OC(C)C)c1)C(=O)OC. The van der Waals surface area contributed by atoms with E-state index in [-0.39, 0.29) is 36.2 Å². The van der Waals surface area contributed by atoms with E-state index in [1.807, 2.05) is 6.92 Å². The van der Waals surface area contributed by atoms with Gasteiger partial charge in [-0.2, -0.15) is 0 Å². The monoisotopic (exact) mass is 539 g/mol. The molecule has 38 heavy (non-hydrogen) atoms. The Kier molecular flexibility index (Phi) is 13.0. The van der Waals surface area contributed by atoms with Crippen LogP contribution in [0.1, 0.15) is 73.3 Å². The van der Waals surface area contributed by atoms with Crippen LogP contribution in [0.15, 0.2) is 18.2 Å². The predicted molar refractivity (Wildman–Crippen MR) is 138 cm³/mol. The number of benzene rings is 1. The van der Waals surface area contributed by atoms with Gasteiger partial charge >= 0.3 is 24.2 Å². The van der Waals surface area contributed by atoms with E-state index in [0.29, 0.717) is 12.0 Å². The first-order chi connectivity index (χ1) is 17.7. The Labute approximate surface area is 224 Å². The third-order valence-electron chi connectivity index (χ3n) is 5.26. The average Bonchev–Trinajstić information content (AvgIpc) is 2.78. The third-order valence-corrected chi connectivity index (χ3v) is 5.26. The summed E-state index contributed by atoms with van der Waals surface area (Å²) in [6, 6.07) is 4.32. The molecule has 0 aromatic heterocycles. The zero-order valence-corrected chi connectivity index (χ0v) is 23.5. The fraction of sp³-hybridized carbons (Fsp3) is 0.630. The Bertz CT molecular complexity index is 961. The molecule has 1 rings (SSSR count). The van der Waals surface area contributed by atoms with Gasteiger partial charge in [0, 0.05) is 12.8 Å². The Morgan fingerprint density at radius 3 is 1.92 bits per heavy atom. The van der Waals surface area contributed by atoms with Crippen LogP contribution < -0.4 is 15.2 Å². The summed E-state index contributed by atoms with van der Waals surface area (Å²) >= 11 is 0. The summed E-state index contributed by atoms with van der Waals surface area (Å²) in [6.07, 6.45) is -2.19. The Morgan fingerprint density at radius 1 is 0.868 bits per heavy atom. The highest BCUT2D eigenvalue weighted by Gasteiger charge is 2.38. The fourth-order valence-electron chi connectivity index (χ4n) is 3.65. The van der Waals surface area contributed by atoms with Crippen molar-refractivity contribution in [1.82, 2.24) is 0 Å². The second-order valence-corrected chi connectivity index (χ2v) is 9.78. The molecule has 0 aliphatic carbocycles. The summed E-state index contributed by atoms with van der Waals surface area (Å²) in [5, 5.41) is 0. The van der Waals surface area contributed by atoms with Crippen molar-refractivity contribution in [1.29, 1.82) is 0 Å². The molecule has 1 aromatic rings. The summed E-state index contributed by atoms with van der Waals surface area (Å²) in [6.45, 7) is 12.0. The molecule has 1 aromatic carbocycles. The lowest BCUT2D eigenvalue weighted by Gasteiger charge is -2.30. The van der Waals surface area contributed by atoms with Crippen molar-refractivity contribution in [3.63, 3.8) is 0 Å². The molecule has 0 bridgehead atoms. The van der Waals surface area contributed by atoms with Crippen LogP contribution in [0.4, 0.5) is 9.59 Å². The largest absolute Gasteiger partial charge is 0.514 e. The quantitative estimate of drug-likeness (QED) is 0.211. The minimum atomic E-state index is -1.59. The van der Waals surface area contributed by atoms with Gasteiger partial charge in [-0.25, -0.2) is 9.59 Å². The van der Waals surface area contributed by atoms with E-state index in [9.17, 15) is 19.2 Å². The Morgan fingerprint density at radius 2 is 1.42 bits per heavy atom. The van der Waals surface area contributed by atoms with E-state index >= 15 is 0 Å². The van der Waals surface area contributed by atoms with E-state index in [4.69, 9.17) is 34.2 Å². The number of hydrogen-bond donors (Lipinski definition) is 1. The Hall–Kier alpha value is -3.34. The van der Waals surface area contributed by atoms with Crippen molar-refractivity contribution in [3.05, 3.63) is 23.8 Å². The van der Waals surface area contributed by atoms with Crippen LogP contribution in [0.25, 0.3) is 0 Å². The highest BCUT2D eigenvalue weighted by molar-refractivity contribution is 5.81. The molecule has 214 valence electrons. The van der Waals surface area contributed by atoms with Crippen molar-refractivity contribution in [3.8, 4) is 11.5 Å². The molecule has 0 fully saturated rings. The molecule has 0 amide bonds. The first-order valence-electron chi connectivity index (χ1n) is 12.7. The lowest BCUT2D eigenvalue weighted by molar-refractivity contribution is -0.157. The minimum Gasteiger partial charge on any atom is -0.468 e. The molecule has 11 heteroatoms. The molecule has 0 aliphatic heterocycles. The third kappa shape index (κ3) is 11.0. The van der Waals surface area contributed by atoms with E-state index < -0.39 is 42.1 Å². The summed E-state index contributed by atoms with van der Waals surface area (Å²) in [5.41, 5.74) is 5.35. The molecule has 0 heterocycles. The van der Waals surface area contributed by atoms with Gasteiger partial charge in [-0.3, -0.25) is 9.59 Å². The lowest BCUT2D eigenvalue weighted by atomic mass is 9.86. The lowest BCUT2D eigenvalue weighted by Crippen LogP contribution is -2.53. The molecule has 0 saturated heterocycles. The molecule has 0 radical (unpaired) electrons. The predicted octanol–water partition coefficient (Wildman–Crippen LogP) is 4.71. The molecule has 11 nitrogen and oxygen atoms in total. The molecular weight excluding hydrogens is 498 g/mol. The van der Waals surface area contributed by atoms with Crippen LogP contribution >= 0.6 is 0 Å². The van der Waals surface area contributed by atoms with Crippen molar-refractivity contribution in [2.75, 3.05) is 7.11 Å². The van der Waals surface area contributed by atoms with Crippen molar-refractivity contribution < 1.29 is 47.6 Å². The first-order valence-corrected chi connectivity index (χ1v) is 12.7. The minimum absolute atomic E-state index is 0.0329. The van der Waals surface area contributed by atoms with E-state index in [2.05, 4.69) is 0 Å². The average molecular weight is 540 g/mol. The van der Waals surface area contributed by atoms with Gasteiger partial charge in [0.2, 0.25) is 0 Å². The van der Waals surface area contributed by atoms with Gasteiger partial charge in [-0.05, 0) is 58.7 Å². The maximum Gasteiger partial charge on any atom is 0.514 e. The van der Waals surface area contributed by atoms with Crippen LogP contribution in [0.2, 0.25) is 0 Å². The van der Waals surface area contributed by atoms with Crippen LogP contribution in [-0.4, -0.2) is 55.2 Å². The smallest absolute Gasteiger partial charge is 0.468 e. The normalized spacial score (nSPS) is 14.2. The summed E-state index contributed by atoms with van der Waals surface area (Å²) in [7, 11) is 1.21. The molecule has 2 N–H and O–H groups in total. The number of carbonyl (C=O) groups excluding carboxylic acids is 4. The van der Waals surface area contributed by atoms with Crippen LogP contribution in [-0.2, 0) is 35.0 Å². The first kappa shape index (κ1) is 32.7. The highest BCUT2D eigenvalue weighted by Crippen LogP contribution is 2.32. The summed E-state index contributed by atoms with van der Waals surface area (Å²) < 4.78 is 30.9. The van der Waals surface area contributed by atoms with Gasteiger partial charge in [0.25, 0.3) is 0 Å². The van der Waals surface area contributed by atoms with Crippen molar-refractivity contribution in [2.24, 2.45) is 11.7 Å². The maximum atomic E-state index is 12.7. The van der Waals surface area contributed by atoms with Crippen molar-refractivity contribution in [2.45, 2.75) is 98.0 Å². The van der Waals surface area contributed by atoms with E-state index in [0.717, 1.165) is 6.42 Å². The van der Waals surface area contributed by atoms with Crippen LogP contribution in [0, 0.1) is 5.92 Å². The number of ether oxygens (including phenoxy) is 6. The topological polar surface area (TPSA) is 150 Å². The van der Waals surface area contributed by atoms with Crippen LogP contribution in [0.5, 0.6) is 11.5 Å². The number of carbonyl (C=O) groups is 4. The second kappa shape index (κ2) is 15.2. The van der Waals surface area contributed by atoms with E-state index in [1.165, 1.54) is 19.2 Å². The molecule has 0 aliphatic rings. The van der Waals surface area contributed by atoms with Gasteiger partial charge in [-0.15, -0.1) is 0 Å². The van der Waals surface area contributed by atoms with Gasteiger partial charge in [0.15, 0.2) is 11.5 Å². The van der Waals surface area contributed by atoms with Crippen molar-refractivity contribution >= 4 is 24.2 Å². The van der Waals surface area contributed by atoms with Gasteiger partial charge in [0.1, 0.15) is 11.6 Å². The zero-order chi connectivity index (χ0) is 29.0. The zero-order valence-electron chi connectivity index (χ0n) is 23.5. The van der Waals surface area contributed by atoms with Gasteiger partial charge in [-0.1, -0.05) is 26.3 Å². The Balaban J connectivity index is 3.23. The molecule has 0 saturated carbocycles. The standard InChI is InChI=1S/C27H41NO10/c1-9-10-18(6)23(29)36-19(7)14-27(28,24(30)33-8)15-20-11-12-21(37-25(31)34-16(2)3)22(13-20)38-26(32)35-17(4)5/h11-13,16-19H,9-10,14-15,28H2,1-8H3/t18?,19?,27-/m1/s1. The highest BCUT2D eigenvalue weighted by atomic mass is 16.7. The summed E-state index contributed by atoms with van der Waals surface area (Å²) in [4.78, 5) is 49.3. The molecule has 2 unspecified atom stereocenters. The second-order valence-electron chi connectivity index (χ2n) is 9.78. The van der Waals surface area contributed by atoms with E-state index in [1.54, 1.807) is 47.6 Å². The number of esters is 2. The van der Waals surface area contributed by atoms with Gasteiger partial charge < -0.3 is 34.2 Å². The van der Waals surface area contributed by atoms with Crippen LogP contribution in [0.3, 0.4) is 0 Å². The number of hydrogen-bond acceptors (Lipinski definition) is 11. The molecular formula is C27H41NO10. The number of nitrogens with two attached hydrogens (primary N) is 1. The molecule has 3 atom stereocenters. The maximum absolute atomic E-state index is 12.7.